The number of ether oxygens (including phenoxy) is 1. The first-order chi connectivity index (χ1) is 16.7. The molecule has 1 aromatic carbocycles. The van der Waals surface area contributed by atoms with Gasteiger partial charge < -0.3 is 10.1 Å². The van der Waals surface area contributed by atoms with Crippen molar-refractivity contribution in [3.8, 4) is 11.5 Å². The predicted molar refractivity (Wildman–Crippen MR) is 130 cm³/mol. The van der Waals surface area contributed by atoms with E-state index in [0.29, 0.717) is 28.5 Å². The van der Waals surface area contributed by atoms with Crippen molar-refractivity contribution in [1.29, 1.82) is 0 Å². The highest BCUT2D eigenvalue weighted by molar-refractivity contribution is 6.03. The van der Waals surface area contributed by atoms with Gasteiger partial charge in [0.2, 0.25) is 0 Å². The monoisotopic (exact) mass is 473 g/mol. The summed E-state index contributed by atoms with van der Waals surface area (Å²) in [6.45, 7) is 5.69. The number of imidazole rings is 1. The summed E-state index contributed by atoms with van der Waals surface area (Å²) < 4.78 is 10.3. The number of fused-ring (bicyclic) bond motifs is 3. The van der Waals surface area contributed by atoms with Crippen LogP contribution >= 0.6 is 0 Å². The lowest BCUT2D eigenvalue weighted by molar-refractivity contribution is 0.101. The van der Waals surface area contributed by atoms with Gasteiger partial charge in [-0.2, -0.15) is 5.10 Å². The van der Waals surface area contributed by atoms with E-state index in [0.717, 1.165) is 15.8 Å². The van der Waals surface area contributed by atoms with E-state index in [-0.39, 0.29) is 23.6 Å². The lowest BCUT2D eigenvalue weighted by Crippen LogP contribution is -2.34. The molecule has 11 heteroatoms. The second-order valence-corrected chi connectivity index (χ2v) is 8.27. The number of benzene rings is 1. The first-order valence-electron chi connectivity index (χ1n) is 11.0. The predicted octanol–water partition coefficient (Wildman–Crippen LogP) is 2.75. The number of nitrogens with one attached hydrogen (secondary N) is 2. The van der Waals surface area contributed by atoms with E-state index in [1.54, 1.807) is 48.8 Å². The number of carbonyl (C=O) groups is 1. The van der Waals surface area contributed by atoms with E-state index in [4.69, 9.17) is 4.74 Å². The van der Waals surface area contributed by atoms with Crippen LogP contribution in [0.4, 0.5) is 5.69 Å². The minimum absolute atomic E-state index is 0.216. The maximum absolute atomic E-state index is 12.9. The number of pyridine rings is 1. The SMILES string of the molecule is CCn1c(=O)[nH]c2nc3ccc(Oc4cc(C)cc(NC(=O)c5cc(C)nn5C)c4)cn3c2c1=O. The fraction of sp³-hybridized carbons (Fsp3) is 0.208. The van der Waals surface area contributed by atoms with E-state index in [1.807, 2.05) is 26.0 Å². The van der Waals surface area contributed by atoms with Crippen LogP contribution in [-0.4, -0.2) is 34.6 Å². The lowest BCUT2D eigenvalue weighted by Gasteiger charge is -2.11. The minimum atomic E-state index is -0.500. The van der Waals surface area contributed by atoms with Gasteiger partial charge in [-0.25, -0.2) is 9.78 Å². The Kier molecular flexibility index (Phi) is 5.24. The smallest absolute Gasteiger partial charge is 0.330 e. The van der Waals surface area contributed by atoms with E-state index < -0.39 is 11.2 Å². The molecular weight excluding hydrogens is 450 g/mol. The van der Waals surface area contributed by atoms with Crippen LogP contribution in [0, 0.1) is 13.8 Å². The van der Waals surface area contributed by atoms with Gasteiger partial charge in [0, 0.05) is 25.3 Å². The molecular formula is C24H23N7O4. The number of H-pyrrole nitrogens is 1. The van der Waals surface area contributed by atoms with Gasteiger partial charge in [0.15, 0.2) is 11.2 Å². The van der Waals surface area contributed by atoms with Crippen LogP contribution in [-0.2, 0) is 13.6 Å². The summed E-state index contributed by atoms with van der Waals surface area (Å²) in [6, 6.07) is 10.5. The quantitative estimate of drug-likeness (QED) is 0.404. The number of anilines is 1. The third-order valence-electron chi connectivity index (χ3n) is 5.60. The zero-order valence-electron chi connectivity index (χ0n) is 19.6. The number of amides is 1. The van der Waals surface area contributed by atoms with Crippen molar-refractivity contribution >= 4 is 28.4 Å². The molecule has 0 atom stereocenters. The summed E-state index contributed by atoms with van der Waals surface area (Å²) in [7, 11) is 1.72. The number of hydrogen-bond acceptors (Lipinski definition) is 6. The van der Waals surface area contributed by atoms with Crippen LogP contribution < -0.4 is 21.3 Å². The van der Waals surface area contributed by atoms with Gasteiger partial charge in [0.05, 0.1) is 11.9 Å². The van der Waals surface area contributed by atoms with Gasteiger partial charge in [-0.1, -0.05) is 0 Å². The second kappa shape index (κ2) is 8.28. The van der Waals surface area contributed by atoms with Gasteiger partial charge in [-0.15, -0.1) is 0 Å². The van der Waals surface area contributed by atoms with Crippen LogP contribution in [0.5, 0.6) is 11.5 Å². The number of nitrogens with zero attached hydrogens (tertiary/aromatic N) is 5. The molecule has 0 fully saturated rings. The maximum atomic E-state index is 12.9. The number of aryl methyl sites for hydroxylation is 3. The van der Waals surface area contributed by atoms with E-state index in [1.165, 1.54) is 4.68 Å². The number of carbonyl (C=O) groups excluding carboxylic acids is 1. The molecule has 178 valence electrons. The molecule has 5 aromatic rings. The van der Waals surface area contributed by atoms with Crippen LogP contribution in [0.25, 0.3) is 16.8 Å². The Hall–Kier alpha value is -4.67. The average molecular weight is 473 g/mol. The summed E-state index contributed by atoms with van der Waals surface area (Å²) in [5.74, 6) is 0.678. The van der Waals surface area contributed by atoms with Gasteiger partial charge in [0.1, 0.15) is 22.8 Å². The Morgan fingerprint density at radius 2 is 1.91 bits per heavy atom. The summed E-state index contributed by atoms with van der Waals surface area (Å²) >= 11 is 0. The zero-order chi connectivity index (χ0) is 24.9. The fourth-order valence-electron chi connectivity index (χ4n) is 4.09. The van der Waals surface area contributed by atoms with Gasteiger partial charge >= 0.3 is 5.69 Å². The summed E-state index contributed by atoms with van der Waals surface area (Å²) in [5.41, 5.74) is 2.70. The standard InChI is InChI=1S/C24H23N7O4/c1-5-30-23(33)20-21(27-24(30)34)26-19-7-6-16(12-31(19)20)35-17-9-13(2)8-15(11-17)25-22(32)18-10-14(3)28-29(18)4/h6-12H,5H2,1-4H3,(H,25,32)(H,27,34). The Bertz CT molecular complexity index is 1740. The van der Waals surface area contributed by atoms with Crippen LogP contribution in [0.15, 0.2) is 52.2 Å². The summed E-state index contributed by atoms with van der Waals surface area (Å²) in [5, 5.41) is 7.09. The number of rotatable bonds is 5. The van der Waals surface area contributed by atoms with Crippen molar-refractivity contribution in [2.45, 2.75) is 27.3 Å². The Morgan fingerprint density at radius 3 is 2.63 bits per heavy atom. The Labute approximate surface area is 198 Å². The van der Waals surface area contributed by atoms with Gasteiger partial charge in [-0.3, -0.25) is 28.2 Å². The molecule has 2 N–H and O–H groups in total. The topological polar surface area (TPSA) is 128 Å². The van der Waals surface area contributed by atoms with Gasteiger partial charge in [0.25, 0.3) is 11.5 Å². The summed E-state index contributed by atoms with van der Waals surface area (Å²) in [6.07, 6.45) is 1.64. The van der Waals surface area contributed by atoms with Crippen molar-refractivity contribution in [2.24, 2.45) is 7.05 Å². The second-order valence-electron chi connectivity index (χ2n) is 8.27. The normalized spacial score (nSPS) is 11.3. The average Bonchev–Trinajstić information content (AvgIpc) is 3.31. The van der Waals surface area contributed by atoms with Crippen molar-refractivity contribution in [2.75, 3.05) is 5.32 Å². The minimum Gasteiger partial charge on any atom is -0.456 e. The molecule has 4 aromatic heterocycles. The van der Waals surface area contributed by atoms with E-state index >= 15 is 0 Å². The molecule has 35 heavy (non-hydrogen) atoms. The van der Waals surface area contributed by atoms with E-state index in [2.05, 4.69) is 20.4 Å². The largest absolute Gasteiger partial charge is 0.456 e. The number of aromatic amines is 1. The van der Waals surface area contributed by atoms with Crippen molar-refractivity contribution in [1.82, 2.24) is 28.7 Å². The molecule has 11 nitrogen and oxygen atoms in total. The lowest BCUT2D eigenvalue weighted by atomic mass is 10.2. The zero-order valence-corrected chi connectivity index (χ0v) is 19.6. The maximum Gasteiger partial charge on any atom is 0.330 e. The fourth-order valence-corrected chi connectivity index (χ4v) is 4.09. The molecule has 1 amide bonds. The van der Waals surface area contributed by atoms with E-state index in [9.17, 15) is 14.4 Å². The van der Waals surface area contributed by atoms with Crippen molar-refractivity contribution in [3.05, 3.63) is 80.4 Å². The molecule has 0 spiro atoms. The molecule has 0 aliphatic carbocycles. The molecule has 0 saturated heterocycles. The third-order valence-corrected chi connectivity index (χ3v) is 5.60. The molecule has 0 aliphatic heterocycles. The van der Waals surface area contributed by atoms with Crippen LogP contribution in [0.2, 0.25) is 0 Å². The number of hydrogen-bond donors (Lipinski definition) is 2. The first kappa shape index (κ1) is 22.1. The van der Waals surface area contributed by atoms with Crippen molar-refractivity contribution < 1.29 is 9.53 Å². The van der Waals surface area contributed by atoms with Crippen LogP contribution in [0.3, 0.4) is 0 Å². The van der Waals surface area contributed by atoms with Crippen molar-refractivity contribution in [3.63, 3.8) is 0 Å². The highest BCUT2D eigenvalue weighted by atomic mass is 16.5. The first-order valence-corrected chi connectivity index (χ1v) is 11.0. The third kappa shape index (κ3) is 3.97. The molecule has 0 bridgehead atoms. The molecule has 4 heterocycles. The molecule has 0 unspecified atom stereocenters. The molecule has 5 rings (SSSR count). The van der Waals surface area contributed by atoms with Gasteiger partial charge in [-0.05, 0) is 56.7 Å². The van der Waals surface area contributed by atoms with Crippen LogP contribution in [0.1, 0.15) is 28.7 Å². The number of aromatic nitrogens is 6. The highest BCUT2D eigenvalue weighted by Crippen LogP contribution is 2.27. The highest BCUT2D eigenvalue weighted by Gasteiger charge is 2.15. The Balaban J connectivity index is 1.49. The molecule has 0 saturated carbocycles. The molecule has 0 aliphatic rings. The summed E-state index contributed by atoms with van der Waals surface area (Å²) in [4.78, 5) is 44.7. The Morgan fingerprint density at radius 1 is 1.11 bits per heavy atom. The molecule has 0 radical (unpaired) electrons.